The average molecular weight is 289 g/mol. The second-order valence-electron chi connectivity index (χ2n) is 4.21. The zero-order valence-corrected chi connectivity index (χ0v) is 11.0. The molecule has 0 aliphatic heterocycles. The first-order valence-electron chi connectivity index (χ1n) is 5.85. The van der Waals surface area contributed by atoms with Crippen LogP contribution in [0.2, 0.25) is 5.02 Å². The first-order valence-corrected chi connectivity index (χ1v) is 6.22. The summed E-state index contributed by atoms with van der Waals surface area (Å²) in [6.45, 7) is 0. The fourth-order valence-corrected chi connectivity index (χ4v) is 2.19. The average Bonchev–Trinajstić information content (AvgIpc) is 2.90. The summed E-state index contributed by atoms with van der Waals surface area (Å²) in [4.78, 5) is 8.04. The highest BCUT2D eigenvalue weighted by atomic mass is 35.5. The Morgan fingerprint density at radius 2 is 2.05 bits per heavy atom. The van der Waals surface area contributed by atoms with Gasteiger partial charge in [-0.3, -0.25) is 4.57 Å². The first-order chi connectivity index (χ1) is 9.65. The molecule has 6 heteroatoms. The second-order valence-corrected chi connectivity index (χ2v) is 4.62. The van der Waals surface area contributed by atoms with Crippen molar-refractivity contribution in [1.82, 2.24) is 14.5 Å². The molecule has 2 aromatic heterocycles. The van der Waals surface area contributed by atoms with Crippen LogP contribution >= 0.6 is 11.6 Å². The Morgan fingerprint density at radius 3 is 2.85 bits per heavy atom. The van der Waals surface area contributed by atoms with Gasteiger partial charge in [0.15, 0.2) is 0 Å². The van der Waals surface area contributed by atoms with Crippen LogP contribution in [0.1, 0.15) is 0 Å². The van der Waals surface area contributed by atoms with Crippen molar-refractivity contribution in [2.75, 3.05) is 5.73 Å². The fraction of sp³-hybridized carbons (Fsp3) is 0. The minimum atomic E-state index is -0.363. The van der Waals surface area contributed by atoms with Crippen LogP contribution < -0.4 is 5.73 Å². The molecular weight excluding hydrogens is 279 g/mol. The molecule has 0 atom stereocenters. The molecule has 1 aromatic carbocycles. The van der Waals surface area contributed by atoms with Gasteiger partial charge in [-0.15, -0.1) is 0 Å². The number of hydrogen-bond acceptors (Lipinski definition) is 3. The lowest BCUT2D eigenvalue weighted by atomic mass is 10.2. The summed E-state index contributed by atoms with van der Waals surface area (Å²) in [6.07, 6.45) is 4.85. The van der Waals surface area contributed by atoms with E-state index in [1.54, 1.807) is 35.4 Å². The van der Waals surface area contributed by atoms with Crippen molar-refractivity contribution in [3.63, 3.8) is 0 Å². The van der Waals surface area contributed by atoms with E-state index in [0.29, 0.717) is 16.5 Å². The smallest absolute Gasteiger partial charge is 0.125 e. The Kier molecular flexibility index (Phi) is 3.12. The van der Waals surface area contributed by atoms with Crippen LogP contribution in [0, 0.1) is 5.82 Å². The van der Waals surface area contributed by atoms with Gasteiger partial charge >= 0.3 is 0 Å². The summed E-state index contributed by atoms with van der Waals surface area (Å²) in [7, 11) is 0. The van der Waals surface area contributed by atoms with E-state index in [1.165, 1.54) is 18.2 Å². The Hall–Kier alpha value is -2.40. The quantitative estimate of drug-likeness (QED) is 0.787. The predicted molar refractivity (Wildman–Crippen MR) is 76.2 cm³/mol. The van der Waals surface area contributed by atoms with E-state index in [-0.39, 0.29) is 5.82 Å². The molecule has 4 nitrogen and oxygen atoms in total. The molecule has 20 heavy (non-hydrogen) atoms. The van der Waals surface area contributed by atoms with Gasteiger partial charge in [0.05, 0.1) is 28.9 Å². The maximum Gasteiger partial charge on any atom is 0.125 e. The van der Waals surface area contributed by atoms with Gasteiger partial charge in [-0.2, -0.15) is 0 Å². The van der Waals surface area contributed by atoms with E-state index in [4.69, 9.17) is 17.3 Å². The maximum absolute atomic E-state index is 13.4. The van der Waals surface area contributed by atoms with Gasteiger partial charge in [0.2, 0.25) is 0 Å². The van der Waals surface area contributed by atoms with Gasteiger partial charge in [-0.25, -0.2) is 14.4 Å². The fourth-order valence-electron chi connectivity index (χ4n) is 1.98. The van der Waals surface area contributed by atoms with Crippen molar-refractivity contribution < 1.29 is 4.39 Å². The number of nitrogen functional groups attached to an aromatic ring is 1. The molecule has 0 unspecified atom stereocenters. The van der Waals surface area contributed by atoms with Crippen LogP contribution in [0.3, 0.4) is 0 Å². The van der Waals surface area contributed by atoms with Crippen LogP contribution in [0.25, 0.3) is 16.9 Å². The van der Waals surface area contributed by atoms with Gasteiger partial charge in [0.25, 0.3) is 0 Å². The Balaban J connectivity index is 2.18. The molecule has 0 aliphatic carbocycles. The molecule has 0 saturated carbocycles. The topological polar surface area (TPSA) is 56.7 Å². The molecule has 3 aromatic rings. The summed E-state index contributed by atoms with van der Waals surface area (Å²) >= 11 is 6.13. The number of aromatic nitrogens is 3. The predicted octanol–water partition coefficient (Wildman–Crippen LogP) is 3.31. The van der Waals surface area contributed by atoms with Gasteiger partial charge in [-0.05, 0) is 30.3 Å². The molecule has 0 aliphatic rings. The lowest BCUT2D eigenvalue weighted by Crippen LogP contribution is -1.98. The van der Waals surface area contributed by atoms with Crippen molar-refractivity contribution >= 4 is 17.4 Å². The van der Waals surface area contributed by atoms with Crippen molar-refractivity contribution in [2.45, 2.75) is 0 Å². The van der Waals surface area contributed by atoms with E-state index < -0.39 is 0 Å². The Labute approximate surface area is 119 Å². The SMILES string of the molecule is Nc1cc(-c2cncn2-c2cc(F)ccc2Cl)ccn1. The van der Waals surface area contributed by atoms with E-state index in [2.05, 4.69) is 9.97 Å². The molecule has 3 rings (SSSR count). The van der Waals surface area contributed by atoms with E-state index in [1.807, 2.05) is 0 Å². The molecule has 2 N–H and O–H groups in total. The van der Waals surface area contributed by atoms with Crippen molar-refractivity contribution in [1.29, 1.82) is 0 Å². The second kappa shape index (κ2) is 4.94. The Morgan fingerprint density at radius 1 is 1.20 bits per heavy atom. The van der Waals surface area contributed by atoms with Crippen LogP contribution in [0.4, 0.5) is 10.2 Å². The van der Waals surface area contributed by atoms with Crippen LogP contribution in [-0.4, -0.2) is 14.5 Å². The lowest BCUT2D eigenvalue weighted by molar-refractivity contribution is 0.626. The third-order valence-corrected chi connectivity index (χ3v) is 3.20. The number of pyridine rings is 1. The minimum absolute atomic E-state index is 0.363. The highest BCUT2D eigenvalue weighted by Gasteiger charge is 2.11. The minimum Gasteiger partial charge on any atom is -0.384 e. The van der Waals surface area contributed by atoms with Gasteiger partial charge in [0, 0.05) is 11.8 Å². The van der Waals surface area contributed by atoms with Crippen molar-refractivity contribution in [2.24, 2.45) is 0 Å². The summed E-state index contributed by atoms with van der Waals surface area (Å²) in [5, 5.41) is 0.438. The highest BCUT2D eigenvalue weighted by Crippen LogP contribution is 2.28. The summed E-state index contributed by atoms with van der Waals surface area (Å²) < 4.78 is 15.1. The molecule has 2 heterocycles. The van der Waals surface area contributed by atoms with Gasteiger partial charge < -0.3 is 5.73 Å². The summed E-state index contributed by atoms with van der Waals surface area (Å²) in [5.41, 5.74) is 7.79. The summed E-state index contributed by atoms with van der Waals surface area (Å²) in [5.74, 6) is 0.0406. The number of hydrogen-bond donors (Lipinski definition) is 1. The van der Waals surface area contributed by atoms with E-state index >= 15 is 0 Å². The van der Waals surface area contributed by atoms with Gasteiger partial charge in [0.1, 0.15) is 11.6 Å². The lowest BCUT2D eigenvalue weighted by Gasteiger charge is -2.10. The number of imidazole rings is 1. The number of rotatable bonds is 2. The number of nitrogens with two attached hydrogens (primary N) is 1. The number of nitrogens with zero attached hydrogens (tertiary/aromatic N) is 3. The summed E-state index contributed by atoms with van der Waals surface area (Å²) in [6, 6.07) is 7.71. The molecule has 0 spiro atoms. The normalized spacial score (nSPS) is 10.7. The number of benzene rings is 1. The van der Waals surface area contributed by atoms with E-state index in [0.717, 1.165) is 11.3 Å². The van der Waals surface area contributed by atoms with Crippen LogP contribution in [-0.2, 0) is 0 Å². The molecule has 0 fully saturated rings. The highest BCUT2D eigenvalue weighted by molar-refractivity contribution is 6.32. The van der Waals surface area contributed by atoms with Crippen LogP contribution in [0.5, 0.6) is 0 Å². The van der Waals surface area contributed by atoms with Crippen molar-refractivity contribution in [3.8, 4) is 16.9 Å². The molecule has 0 bridgehead atoms. The Bertz CT molecular complexity index is 769. The van der Waals surface area contributed by atoms with Crippen LogP contribution in [0.15, 0.2) is 49.1 Å². The van der Waals surface area contributed by atoms with Gasteiger partial charge in [-0.1, -0.05) is 11.6 Å². The first kappa shape index (κ1) is 12.6. The molecule has 0 saturated heterocycles. The molecular formula is C14H10ClFN4. The van der Waals surface area contributed by atoms with Crippen molar-refractivity contribution in [3.05, 3.63) is 59.9 Å². The zero-order valence-electron chi connectivity index (χ0n) is 10.3. The zero-order chi connectivity index (χ0) is 14.1. The maximum atomic E-state index is 13.4. The third-order valence-electron chi connectivity index (χ3n) is 2.88. The monoisotopic (exact) mass is 288 g/mol. The van der Waals surface area contributed by atoms with E-state index in [9.17, 15) is 4.39 Å². The third kappa shape index (κ3) is 2.23. The molecule has 100 valence electrons. The number of halogens is 2. The largest absolute Gasteiger partial charge is 0.384 e. The standard InChI is InChI=1S/C14H10ClFN4/c15-11-2-1-10(16)6-12(11)20-8-18-7-13(20)9-3-4-19-14(17)5-9/h1-8H,(H2,17,19). The molecule has 0 radical (unpaired) electrons. The number of anilines is 1. The molecule has 0 amide bonds.